The van der Waals surface area contributed by atoms with Gasteiger partial charge < -0.3 is 16.2 Å². The maximum Gasteiger partial charge on any atom is 0.404 e. The Bertz CT molecular complexity index is 526. The lowest BCUT2D eigenvalue weighted by molar-refractivity contribution is 0.159. The van der Waals surface area contributed by atoms with Gasteiger partial charge in [0, 0.05) is 6.54 Å². The molecule has 1 aromatic carbocycles. The van der Waals surface area contributed by atoms with Gasteiger partial charge in [-0.3, -0.25) is 0 Å². The lowest BCUT2D eigenvalue weighted by atomic mass is 10.3. The number of rotatable bonds is 5. The fourth-order valence-electron chi connectivity index (χ4n) is 1.21. The van der Waals surface area contributed by atoms with Gasteiger partial charge in [0.25, 0.3) is 0 Å². The number of hydrogen-bond donors (Lipinski definition) is 3. The van der Waals surface area contributed by atoms with E-state index in [1.165, 1.54) is 12.1 Å². The summed E-state index contributed by atoms with van der Waals surface area (Å²) in [5, 5.41) is 0. The molecule has 0 aliphatic carbocycles. The summed E-state index contributed by atoms with van der Waals surface area (Å²) in [6.07, 6.45) is -1.03. The number of nitrogens with one attached hydrogen (secondary N) is 1. The molecule has 7 nitrogen and oxygen atoms in total. The summed E-state index contributed by atoms with van der Waals surface area (Å²) in [7, 11) is -4.10. The molecule has 1 aromatic rings. The Morgan fingerprint density at radius 3 is 2.67 bits per heavy atom. The van der Waals surface area contributed by atoms with Crippen molar-refractivity contribution >= 4 is 21.8 Å². The quantitative estimate of drug-likeness (QED) is 0.507. The smallest absolute Gasteiger partial charge is 0.404 e. The molecule has 5 N–H and O–H groups in total. The lowest BCUT2D eigenvalue weighted by Gasteiger charge is -2.09. The van der Waals surface area contributed by atoms with E-state index in [1.54, 1.807) is 0 Å². The highest BCUT2D eigenvalue weighted by atomic mass is 32.2. The van der Waals surface area contributed by atoms with Gasteiger partial charge in [-0.2, -0.15) is 0 Å². The first-order valence-electron chi connectivity index (χ1n) is 4.80. The van der Waals surface area contributed by atoms with Gasteiger partial charge in [-0.25, -0.2) is 22.3 Å². The molecular formula is C9H12FN3O4S. The molecule has 0 radical (unpaired) electrons. The van der Waals surface area contributed by atoms with Gasteiger partial charge in [0.2, 0.25) is 10.0 Å². The molecule has 0 aliphatic heterocycles. The maximum absolute atomic E-state index is 13.4. The monoisotopic (exact) mass is 277 g/mol. The summed E-state index contributed by atoms with van der Waals surface area (Å²) in [4.78, 5) is 9.61. The van der Waals surface area contributed by atoms with Gasteiger partial charge in [0.05, 0.1) is 5.69 Å². The van der Waals surface area contributed by atoms with E-state index in [9.17, 15) is 17.6 Å². The van der Waals surface area contributed by atoms with Crippen molar-refractivity contribution in [1.82, 2.24) is 4.72 Å². The number of nitrogens with two attached hydrogens (primary N) is 2. The van der Waals surface area contributed by atoms with Gasteiger partial charge in [-0.05, 0) is 12.1 Å². The Hall–Kier alpha value is -1.87. The summed E-state index contributed by atoms with van der Waals surface area (Å²) in [6.45, 7) is -0.498. The zero-order valence-electron chi connectivity index (χ0n) is 9.22. The molecule has 0 saturated carbocycles. The SMILES string of the molecule is NC(=O)OCCNS(=O)(=O)c1c(N)cccc1F. The topological polar surface area (TPSA) is 125 Å². The van der Waals surface area contributed by atoms with Crippen LogP contribution in [0.3, 0.4) is 0 Å². The summed E-state index contributed by atoms with van der Waals surface area (Å²) in [5.74, 6) is -0.960. The molecule has 0 unspecified atom stereocenters. The predicted molar refractivity (Wildman–Crippen MR) is 61.5 cm³/mol. The van der Waals surface area contributed by atoms with Crippen molar-refractivity contribution in [3.63, 3.8) is 0 Å². The van der Waals surface area contributed by atoms with E-state index in [0.717, 1.165) is 6.07 Å². The molecule has 0 aliphatic rings. The molecule has 100 valence electrons. The van der Waals surface area contributed by atoms with Gasteiger partial charge in [0.15, 0.2) is 0 Å². The molecule has 0 heterocycles. The van der Waals surface area contributed by atoms with Crippen molar-refractivity contribution in [3.8, 4) is 0 Å². The number of hydrogen-bond acceptors (Lipinski definition) is 5. The zero-order chi connectivity index (χ0) is 13.8. The van der Waals surface area contributed by atoms with Crippen LogP contribution in [0.25, 0.3) is 0 Å². The third-order valence-corrected chi connectivity index (χ3v) is 3.46. The second-order valence-electron chi connectivity index (χ2n) is 3.22. The van der Waals surface area contributed by atoms with Crippen LogP contribution in [0.4, 0.5) is 14.9 Å². The van der Waals surface area contributed by atoms with Crippen molar-refractivity contribution in [1.29, 1.82) is 0 Å². The third kappa shape index (κ3) is 3.57. The highest BCUT2D eigenvalue weighted by Gasteiger charge is 2.21. The lowest BCUT2D eigenvalue weighted by Crippen LogP contribution is -2.30. The molecule has 9 heteroatoms. The van der Waals surface area contributed by atoms with E-state index in [2.05, 4.69) is 10.5 Å². The number of halogens is 1. The van der Waals surface area contributed by atoms with Gasteiger partial charge >= 0.3 is 6.09 Å². The number of benzene rings is 1. The zero-order valence-corrected chi connectivity index (χ0v) is 10.0. The minimum atomic E-state index is -4.10. The van der Waals surface area contributed by atoms with Crippen molar-refractivity contribution < 1.29 is 22.3 Å². The van der Waals surface area contributed by atoms with E-state index in [4.69, 9.17) is 5.73 Å². The van der Waals surface area contributed by atoms with Gasteiger partial charge in [0.1, 0.15) is 17.3 Å². The van der Waals surface area contributed by atoms with Crippen molar-refractivity contribution in [3.05, 3.63) is 24.0 Å². The highest BCUT2D eigenvalue weighted by molar-refractivity contribution is 7.89. The van der Waals surface area contributed by atoms with Crippen LogP contribution in [0.2, 0.25) is 0 Å². The number of carbonyl (C=O) groups is 1. The predicted octanol–water partition coefficient (Wildman–Crippen LogP) is -0.218. The summed E-state index contributed by atoms with van der Waals surface area (Å²) in [5.41, 5.74) is 9.87. The maximum atomic E-state index is 13.4. The standard InChI is InChI=1S/C9H12FN3O4S/c10-6-2-1-3-7(11)8(6)18(15,16)13-4-5-17-9(12)14/h1-3,13H,4-5,11H2,(H2,12,14). The number of anilines is 1. The van der Waals surface area contributed by atoms with Crippen molar-refractivity contribution in [2.75, 3.05) is 18.9 Å². The first-order chi connectivity index (χ1) is 8.34. The Balaban J connectivity index is 2.78. The van der Waals surface area contributed by atoms with Crippen molar-refractivity contribution in [2.24, 2.45) is 5.73 Å². The fourth-order valence-corrected chi connectivity index (χ4v) is 2.41. The minimum absolute atomic E-state index is 0.210. The average molecular weight is 277 g/mol. The number of nitrogen functional groups attached to an aromatic ring is 1. The second-order valence-corrected chi connectivity index (χ2v) is 4.93. The average Bonchev–Trinajstić information content (AvgIpc) is 2.23. The summed E-state index contributed by atoms with van der Waals surface area (Å²) >= 11 is 0. The summed E-state index contributed by atoms with van der Waals surface area (Å²) < 4.78 is 43.2. The van der Waals surface area contributed by atoms with E-state index in [-0.39, 0.29) is 18.8 Å². The first kappa shape index (κ1) is 14.2. The van der Waals surface area contributed by atoms with Crippen LogP contribution in [-0.4, -0.2) is 27.7 Å². The van der Waals surface area contributed by atoms with Crippen LogP contribution in [0.15, 0.2) is 23.1 Å². The van der Waals surface area contributed by atoms with E-state index in [1.807, 2.05) is 4.72 Å². The second kappa shape index (κ2) is 5.65. The minimum Gasteiger partial charge on any atom is -0.448 e. The molecule has 1 rings (SSSR count). The molecule has 1 amide bonds. The molecule has 0 atom stereocenters. The molecule has 0 saturated heterocycles. The molecule has 0 aromatic heterocycles. The van der Waals surface area contributed by atoms with Crippen LogP contribution < -0.4 is 16.2 Å². The van der Waals surface area contributed by atoms with E-state index < -0.39 is 26.8 Å². The normalized spacial score (nSPS) is 11.2. The van der Waals surface area contributed by atoms with Crippen LogP contribution in [0, 0.1) is 5.82 Å². The van der Waals surface area contributed by atoms with E-state index >= 15 is 0 Å². The largest absolute Gasteiger partial charge is 0.448 e. The molecule has 0 bridgehead atoms. The molecule has 18 heavy (non-hydrogen) atoms. The number of amides is 1. The van der Waals surface area contributed by atoms with Crippen molar-refractivity contribution in [2.45, 2.75) is 4.90 Å². The number of carbonyl (C=O) groups excluding carboxylic acids is 1. The molecule has 0 fully saturated rings. The van der Waals surface area contributed by atoms with E-state index in [0.29, 0.717) is 0 Å². The van der Waals surface area contributed by atoms with Crippen LogP contribution in [0.5, 0.6) is 0 Å². The van der Waals surface area contributed by atoms with Gasteiger partial charge in [-0.1, -0.05) is 6.07 Å². The Morgan fingerprint density at radius 2 is 2.11 bits per heavy atom. The van der Waals surface area contributed by atoms with Crippen LogP contribution in [0.1, 0.15) is 0 Å². The number of primary amides is 1. The fraction of sp³-hybridized carbons (Fsp3) is 0.222. The van der Waals surface area contributed by atoms with Gasteiger partial charge in [-0.15, -0.1) is 0 Å². The van der Waals surface area contributed by atoms with Crippen LogP contribution >= 0.6 is 0 Å². The first-order valence-corrected chi connectivity index (χ1v) is 6.29. The molecular weight excluding hydrogens is 265 g/mol. The third-order valence-electron chi connectivity index (χ3n) is 1.90. The molecule has 0 spiro atoms. The Morgan fingerprint density at radius 1 is 1.44 bits per heavy atom. The summed E-state index contributed by atoms with van der Waals surface area (Å²) in [6, 6.07) is 3.53. The Labute approximate surface area is 103 Å². The highest BCUT2D eigenvalue weighted by Crippen LogP contribution is 2.20. The van der Waals surface area contributed by atoms with Crippen LogP contribution in [-0.2, 0) is 14.8 Å². The number of ether oxygens (including phenoxy) is 1. The Kier molecular flexibility index (Phi) is 4.45. The number of sulfonamides is 1.